The number of aromatic nitrogens is 1. The topological polar surface area (TPSA) is 92.5 Å². The van der Waals surface area contributed by atoms with Gasteiger partial charge in [-0.2, -0.15) is 4.31 Å². The first kappa shape index (κ1) is 21.2. The zero-order valence-corrected chi connectivity index (χ0v) is 17.9. The molecule has 29 heavy (non-hydrogen) atoms. The van der Waals surface area contributed by atoms with Gasteiger partial charge in [0.1, 0.15) is 0 Å². The van der Waals surface area contributed by atoms with Crippen molar-refractivity contribution in [2.45, 2.75) is 31.7 Å². The smallest absolute Gasteiger partial charge is 0.243 e. The van der Waals surface area contributed by atoms with Gasteiger partial charge in [0.2, 0.25) is 15.9 Å². The average Bonchev–Trinajstić information content (AvgIpc) is 3.39. The van der Waals surface area contributed by atoms with E-state index in [1.165, 1.54) is 15.6 Å². The molecule has 1 N–H and O–H groups in total. The minimum atomic E-state index is -3.48. The number of amides is 1. The zero-order valence-electron chi connectivity index (χ0n) is 16.3. The highest BCUT2D eigenvalue weighted by Crippen LogP contribution is 2.24. The van der Waals surface area contributed by atoms with Crippen LogP contribution in [-0.4, -0.2) is 36.7 Å². The van der Waals surface area contributed by atoms with Crippen molar-refractivity contribution < 1.29 is 17.6 Å². The van der Waals surface area contributed by atoms with Crippen molar-refractivity contribution in [3.05, 3.63) is 59.3 Å². The summed E-state index contributed by atoms with van der Waals surface area (Å²) in [4.78, 5) is 16.9. The van der Waals surface area contributed by atoms with Crippen molar-refractivity contribution in [3.8, 4) is 10.8 Å². The predicted octanol–water partition coefficient (Wildman–Crippen LogP) is 3.29. The molecule has 154 valence electrons. The van der Waals surface area contributed by atoms with Gasteiger partial charge in [0.05, 0.1) is 23.3 Å². The van der Waals surface area contributed by atoms with Crippen LogP contribution in [0.4, 0.5) is 0 Å². The molecule has 0 unspecified atom stereocenters. The first-order valence-corrected chi connectivity index (χ1v) is 11.6. The van der Waals surface area contributed by atoms with Gasteiger partial charge in [0, 0.05) is 25.0 Å². The van der Waals surface area contributed by atoms with E-state index in [0.717, 1.165) is 10.6 Å². The van der Waals surface area contributed by atoms with E-state index in [2.05, 4.69) is 10.3 Å². The normalized spacial score (nSPS) is 11.7. The number of nitrogens with one attached hydrogen (secondary N) is 1. The summed E-state index contributed by atoms with van der Waals surface area (Å²) in [6.07, 6.45) is 1.76. The van der Waals surface area contributed by atoms with Crippen LogP contribution in [0.3, 0.4) is 0 Å². The van der Waals surface area contributed by atoms with E-state index in [1.54, 1.807) is 36.6 Å². The monoisotopic (exact) mass is 433 g/mol. The number of rotatable bonds is 9. The van der Waals surface area contributed by atoms with E-state index in [1.807, 2.05) is 25.3 Å². The Morgan fingerprint density at radius 3 is 2.52 bits per heavy atom. The Labute approximate surface area is 174 Å². The molecule has 2 aromatic heterocycles. The highest BCUT2D eigenvalue weighted by atomic mass is 32.2. The van der Waals surface area contributed by atoms with Crippen LogP contribution < -0.4 is 5.32 Å². The van der Waals surface area contributed by atoms with Crippen molar-refractivity contribution >= 4 is 27.3 Å². The molecule has 3 aromatic rings. The number of hydrogen-bond donors (Lipinski definition) is 1. The summed E-state index contributed by atoms with van der Waals surface area (Å²) < 4.78 is 31.7. The van der Waals surface area contributed by atoms with Gasteiger partial charge in [-0.25, -0.2) is 13.4 Å². The second-order valence-electron chi connectivity index (χ2n) is 6.31. The molecule has 0 aliphatic heterocycles. The summed E-state index contributed by atoms with van der Waals surface area (Å²) in [5.41, 5.74) is 1.51. The lowest BCUT2D eigenvalue weighted by molar-refractivity contribution is -0.120. The van der Waals surface area contributed by atoms with Crippen LogP contribution in [0.2, 0.25) is 0 Å². The lowest BCUT2D eigenvalue weighted by Gasteiger charge is -2.18. The van der Waals surface area contributed by atoms with Crippen molar-refractivity contribution in [1.29, 1.82) is 0 Å². The Hall–Kier alpha value is -2.49. The van der Waals surface area contributed by atoms with Crippen molar-refractivity contribution in [3.63, 3.8) is 0 Å². The largest absolute Gasteiger partial charge is 0.462 e. The first-order valence-electron chi connectivity index (χ1n) is 9.28. The molecular weight excluding hydrogens is 410 g/mol. The maximum atomic E-state index is 12.5. The molecule has 0 saturated heterocycles. The van der Waals surface area contributed by atoms with Gasteiger partial charge < -0.3 is 9.73 Å². The van der Waals surface area contributed by atoms with Crippen LogP contribution in [0.25, 0.3) is 10.8 Å². The van der Waals surface area contributed by atoms with Gasteiger partial charge in [0.15, 0.2) is 10.8 Å². The molecule has 2 heterocycles. The minimum absolute atomic E-state index is 0.152. The number of carbonyl (C=O) groups excluding carboxylic acids is 1. The molecule has 0 saturated carbocycles. The van der Waals surface area contributed by atoms with Gasteiger partial charge in [-0.05, 0) is 29.8 Å². The average molecular weight is 434 g/mol. The van der Waals surface area contributed by atoms with Crippen molar-refractivity contribution in [2.24, 2.45) is 0 Å². The number of carbonyl (C=O) groups is 1. The van der Waals surface area contributed by atoms with Crippen LogP contribution >= 0.6 is 11.3 Å². The van der Waals surface area contributed by atoms with E-state index in [0.29, 0.717) is 31.1 Å². The van der Waals surface area contributed by atoms with E-state index in [-0.39, 0.29) is 17.2 Å². The number of nitrogens with zero attached hydrogens (tertiary/aromatic N) is 2. The van der Waals surface area contributed by atoms with Gasteiger partial charge in [0.25, 0.3) is 0 Å². The molecule has 0 atom stereocenters. The van der Waals surface area contributed by atoms with E-state index in [4.69, 9.17) is 4.42 Å². The second kappa shape index (κ2) is 9.34. The number of hydrogen-bond acceptors (Lipinski definition) is 6. The van der Waals surface area contributed by atoms with Gasteiger partial charge in [-0.1, -0.05) is 26.0 Å². The van der Waals surface area contributed by atoms with Crippen molar-refractivity contribution in [1.82, 2.24) is 14.6 Å². The molecule has 9 heteroatoms. The zero-order chi connectivity index (χ0) is 20.9. The molecule has 7 nitrogen and oxygen atoms in total. The Balaban J connectivity index is 1.55. The summed E-state index contributed by atoms with van der Waals surface area (Å²) in [6.45, 7) is 4.79. The Kier molecular flexibility index (Phi) is 6.83. The summed E-state index contributed by atoms with van der Waals surface area (Å²) in [5, 5.41) is 5.41. The fraction of sp³-hybridized carbons (Fsp3) is 0.300. The molecule has 0 aliphatic rings. The Bertz CT molecular complexity index is 1040. The fourth-order valence-electron chi connectivity index (χ4n) is 2.82. The third kappa shape index (κ3) is 5.11. The van der Waals surface area contributed by atoms with E-state index < -0.39 is 10.0 Å². The van der Waals surface area contributed by atoms with Gasteiger partial charge in [-0.15, -0.1) is 11.3 Å². The molecule has 0 aliphatic carbocycles. The quantitative estimate of drug-likeness (QED) is 0.559. The fourth-order valence-corrected chi connectivity index (χ4v) is 5.07. The molecule has 3 rings (SSSR count). The molecule has 1 aromatic carbocycles. The van der Waals surface area contributed by atoms with Gasteiger partial charge >= 0.3 is 0 Å². The highest BCUT2D eigenvalue weighted by Gasteiger charge is 2.21. The van der Waals surface area contributed by atoms with Crippen LogP contribution in [0.5, 0.6) is 0 Å². The number of benzene rings is 1. The maximum Gasteiger partial charge on any atom is 0.243 e. The lowest BCUT2D eigenvalue weighted by Crippen LogP contribution is -2.30. The van der Waals surface area contributed by atoms with Crippen LogP contribution in [0.1, 0.15) is 25.1 Å². The molecule has 0 radical (unpaired) electrons. The van der Waals surface area contributed by atoms with E-state index >= 15 is 0 Å². The van der Waals surface area contributed by atoms with Crippen LogP contribution in [0.15, 0.2) is 57.4 Å². The summed E-state index contributed by atoms with van der Waals surface area (Å²) in [5.74, 6) is 0.530. The third-order valence-corrected chi connectivity index (χ3v) is 7.35. The third-order valence-electron chi connectivity index (χ3n) is 4.38. The summed E-state index contributed by atoms with van der Waals surface area (Å²) in [7, 11) is -3.48. The standard InChI is InChI=1S/C20H23N3O4S2/c1-3-23(4-2)29(25,26)17-9-7-15(8-10-17)13-21-19(24)12-16-14-28-20(22-16)18-6-5-11-27-18/h5-11,14H,3-4,12-13H2,1-2H3,(H,21,24). The summed E-state index contributed by atoms with van der Waals surface area (Å²) >= 11 is 1.43. The SMILES string of the molecule is CCN(CC)S(=O)(=O)c1ccc(CNC(=O)Cc2csc(-c3ccco3)n2)cc1. The van der Waals surface area contributed by atoms with E-state index in [9.17, 15) is 13.2 Å². The maximum absolute atomic E-state index is 12.5. The molecule has 0 bridgehead atoms. The Morgan fingerprint density at radius 1 is 1.17 bits per heavy atom. The molecule has 1 amide bonds. The van der Waals surface area contributed by atoms with Crippen LogP contribution in [0, 0.1) is 0 Å². The predicted molar refractivity (Wildman–Crippen MR) is 112 cm³/mol. The molecular formula is C20H23N3O4S2. The van der Waals surface area contributed by atoms with Crippen LogP contribution in [-0.2, 0) is 27.8 Å². The molecule has 0 fully saturated rings. The minimum Gasteiger partial charge on any atom is -0.462 e. The number of furan rings is 1. The summed E-state index contributed by atoms with van der Waals surface area (Å²) in [6, 6.07) is 10.2. The Morgan fingerprint density at radius 2 is 1.90 bits per heavy atom. The lowest BCUT2D eigenvalue weighted by atomic mass is 10.2. The number of sulfonamides is 1. The van der Waals surface area contributed by atoms with Gasteiger partial charge in [-0.3, -0.25) is 4.79 Å². The first-order chi connectivity index (χ1) is 13.9. The van der Waals surface area contributed by atoms with Crippen molar-refractivity contribution in [2.75, 3.05) is 13.1 Å². The molecule has 0 spiro atoms. The second-order valence-corrected chi connectivity index (χ2v) is 9.10. The highest BCUT2D eigenvalue weighted by molar-refractivity contribution is 7.89. The number of thiazole rings is 1.